The molecular formula is C13H17ClO. The molecule has 1 aromatic rings. The van der Waals surface area contributed by atoms with Crippen LogP contribution in [0.2, 0.25) is 0 Å². The molecule has 1 aromatic carbocycles. The summed E-state index contributed by atoms with van der Waals surface area (Å²) in [7, 11) is 0. The van der Waals surface area contributed by atoms with E-state index in [1.54, 1.807) is 0 Å². The average Bonchev–Trinajstić information content (AvgIpc) is 2.76. The summed E-state index contributed by atoms with van der Waals surface area (Å²) in [6, 6.07) is 8.53. The van der Waals surface area contributed by atoms with Gasteiger partial charge in [-0.3, -0.25) is 0 Å². The van der Waals surface area contributed by atoms with Gasteiger partial charge < -0.3 is 4.74 Å². The fourth-order valence-electron chi connectivity index (χ4n) is 2.27. The predicted molar refractivity (Wildman–Crippen MR) is 63.3 cm³/mol. The molecule has 1 fully saturated rings. The molecule has 1 heterocycles. The van der Waals surface area contributed by atoms with Crippen molar-refractivity contribution in [1.29, 1.82) is 0 Å². The van der Waals surface area contributed by atoms with Gasteiger partial charge in [-0.2, -0.15) is 0 Å². The maximum Gasteiger partial charge on any atom is 0.0867 e. The Bertz CT molecular complexity index is 324. The third-order valence-corrected chi connectivity index (χ3v) is 3.55. The topological polar surface area (TPSA) is 9.23 Å². The Morgan fingerprint density at radius 1 is 1.40 bits per heavy atom. The molecule has 0 radical (unpaired) electrons. The molecule has 0 spiro atoms. The van der Waals surface area contributed by atoms with Gasteiger partial charge in [-0.05, 0) is 24.0 Å². The maximum absolute atomic E-state index is 5.97. The van der Waals surface area contributed by atoms with Crippen LogP contribution in [0.15, 0.2) is 24.3 Å². The van der Waals surface area contributed by atoms with E-state index >= 15 is 0 Å². The van der Waals surface area contributed by atoms with Crippen molar-refractivity contribution in [3.05, 3.63) is 35.4 Å². The van der Waals surface area contributed by atoms with Crippen LogP contribution in [0.1, 0.15) is 30.6 Å². The molecule has 0 aromatic heterocycles. The van der Waals surface area contributed by atoms with Crippen molar-refractivity contribution in [2.75, 3.05) is 12.5 Å². The summed E-state index contributed by atoms with van der Waals surface area (Å²) < 4.78 is 5.80. The van der Waals surface area contributed by atoms with Crippen molar-refractivity contribution in [2.24, 2.45) is 5.92 Å². The van der Waals surface area contributed by atoms with Gasteiger partial charge in [0.1, 0.15) is 0 Å². The molecule has 0 N–H and O–H groups in total. The van der Waals surface area contributed by atoms with Crippen LogP contribution in [0.5, 0.6) is 0 Å². The number of alkyl halides is 1. The first-order chi connectivity index (χ1) is 7.36. The van der Waals surface area contributed by atoms with Gasteiger partial charge in [0.25, 0.3) is 0 Å². The minimum Gasteiger partial charge on any atom is -0.373 e. The van der Waals surface area contributed by atoms with E-state index in [-0.39, 0.29) is 6.10 Å². The summed E-state index contributed by atoms with van der Waals surface area (Å²) in [5.41, 5.74) is 2.72. The van der Waals surface area contributed by atoms with E-state index in [0.29, 0.717) is 11.8 Å². The van der Waals surface area contributed by atoms with Crippen molar-refractivity contribution in [2.45, 2.75) is 25.9 Å². The Morgan fingerprint density at radius 3 is 2.93 bits per heavy atom. The van der Waals surface area contributed by atoms with E-state index in [4.69, 9.17) is 16.3 Å². The minimum atomic E-state index is 0.221. The monoisotopic (exact) mass is 224 g/mol. The molecular weight excluding hydrogens is 208 g/mol. The largest absolute Gasteiger partial charge is 0.373 e. The highest BCUT2D eigenvalue weighted by Crippen LogP contribution is 2.36. The van der Waals surface area contributed by atoms with E-state index in [0.717, 1.165) is 19.4 Å². The zero-order valence-electron chi connectivity index (χ0n) is 9.08. The van der Waals surface area contributed by atoms with Gasteiger partial charge in [0.2, 0.25) is 0 Å². The number of rotatable bonds is 3. The van der Waals surface area contributed by atoms with E-state index in [1.807, 2.05) is 0 Å². The molecule has 0 saturated carbocycles. The van der Waals surface area contributed by atoms with Gasteiger partial charge in [0.05, 0.1) is 6.10 Å². The number of hydrogen-bond acceptors (Lipinski definition) is 1. The summed E-state index contributed by atoms with van der Waals surface area (Å²) in [6.45, 7) is 3.03. The Kier molecular flexibility index (Phi) is 3.66. The van der Waals surface area contributed by atoms with E-state index in [2.05, 4.69) is 31.2 Å². The zero-order chi connectivity index (χ0) is 10.7. The third kappa shape index (κ3) is 2.19. The van der Waals surface area contributed by atoms with Crippen molar-refractivity contribution >= 4 is 11.6 Å². The molecule has 2 unspecified atom stereocenters. The van der Waals surface area contributed by atoms with Crippen LogP contribution < -0.4 is 0 Å². The van der Waals surface area contributed by atoms with Crippen LogP contribution in [0.25, 0.3) is 0 Å². The molecule has 0 aliphatic carbocycles. The molecule has 1 aliphatic heterocycles. The number of hydrogen-bond donors (Lipinski definition) is 0. The van der Waals surface area contributed by atoms with Gasteiger partial charge in [0, 0.05) is 18.4 Å². The normalized spacial score (nSPS) is 25.7. The van der Waals surface area contributed by atoms with Gasteiger partial charge in [-0.1, -0.05) is 31.2 Å². The predicted octanol–water partition coefficient (Wildman–Crippen LogP) is 3.57. The lowest BCUT2D eigenvalue weighted by Crippen LogP contribution is -2.10. The van der Waals surface area contributed by atoms with Crippen molar-refractivity contribution in [1.82, 2.24) is 0 Å². The van der Waals surface area contributed by atoms with Crippen LogP contribution >= 0.6 is 11.6 Å². The van der Waals surface area contributed by atoms with Crippen molar-refractivity contribution < 1.29 is 4.74 Å². The fraction of sp³-hybridized carbons (Fsp3) is 0.538. The standard InChI is InChI=1S/C13H17ClO/c1-2-10-5-3-4-6-12(10)13-11(9-14)7-8-15-13/h3-6,11,13H,2,7-9H2,1H3. The smallest absolute Gasteiger partial charge is 0.0867 e. The fourth-order valence-corrected chi connectivity index (χ4v) is 2.59. The Labute approximate surface area is 96.4 Å². The van der Waals surface area contributed by atoms with Crippen molar-refractivity contribution in [3.8, 4) is 0 Å². The van der Waals surface area contributed by atoms with Gasteiger partial charge >= 0.3 is 0 Å². The number of aryl methyl sites for hydroxylation is 1. The molecule has 15 heavy (non-hydrogen) atoms. The Balaban J connectivity index is 2.27. The Morgan fingerprint density at radius 2 is 2.20 bits per heavy atom. The first kappa shape index (κ1) is 11.0. The summed E-state index contributed by atoms with van der Waals surface area (Å²) >= 11 is 5.97. The SMILES string of the molecule is CCc1ccccc1C1OCCC1CCl. The summed E-state index contributed by atoms with van der Waals surface area (Å²) in [5.74, 6) is 1.18. The molecule has 1 aliphatic rings. The number of benzene rings is 1. The lowest BCUT2D eigenvalue weighted by molar-refractivity contribution is 0.0945. The average molecular weight is 225 g/mol. The van der Waals surface area contributed by atoms with Crippen LogP contribution in [0.4, 0.5) is 0 Å². The van der Waals surface area contributed by atoms with Gasteiger partial charge in [0.15, 0.2) is 0 Å². The van der Waals surface area contributed by atoms with Crippen LogP contribution in [0.3, 0.4) is 0 Å². The first-order valence-corrected chi connectivity index (χ1v) is 6.15. The summed E-state index contributed by atoms with van der Waals surface area (Å²) in [4.78, 5) is 0. The highest BCUT2D eigenvalue weighted by Gasteiger charge is 2.29. The van der Waals surface area contributed by atoms with Crippen LogP contribution in [0, 0.1) is 5.92 Å². The zero-order valence-corrected chi connectivity index (χ0v) is 9.83. The van der Waals surface area contributed by atoms with Crippen LogP contribution in [-0.4, -0.2) is 12.5 Å². The molecule has 2 heteroatoms. The number of halogens is 1. The first-order valence-electron chi connectivity index (χ1n) is 5.62. The lowest BCUT2D eigenvalue weighted by Gasteiger charge is -2.19. The van der Waals surface area contributed by atoms with Gasteiger partial charge in [-0.25, -0.2) is 0 Å². The van der Waals surface area contributed by atoms with Crippen molar-refractivity contribution in [3.63, 3.8) is 0 Å². The number of ether oxygens (including phenoxy) is 1. The second-order valence-corrected chi connectivity index (χ2v) is 4.36. The molecule has 2 rings (SSSR count). The van der Waals surface area contributed by atoms with Crippen LogP contribution in [-0.2, 0) is 11.2 Å². The van der Waals surface area contributed by atoms with E-state index < -0.39 is 0 Å². The third-order valence-electron chi connectivity index (χ3n) is 3.15. The van der Waals surface area contributed by atoms with E-state index in [9.17, 15) is 0 Å². The molecule has 82 valence electrons. The highest BCUT2D eigenvalue weighted by atomic mass is 35.5. The Hall–Kier alpha value is -0.530. The molecule has 1 saturated heterocycles. The second kappa shape index (κ2) is 5.00. The highest BCUT2D eigenvalue weighted by molar-refractivity contribution is 6.18. The molecule has 2 atom stereocenters. The van der Waals surface area contributed by atoms with Gasteiger partial charge in [-0.15, -0.1) is 11.6 Å². The lowest BCUT2D eigenvalue weighted by atomic mass is 9.92. The summed E-state index contributed by atoms with van der Waals surface area (Å²) in [6.07, 6.45) is 2.37. The molecule has 0 bridgehead atoms. The molecule has 1 nitrogen and oxygen atoms in total. The quantitative estimate of drug-likeness (QED) is 0.714. The second-order valence-electron chi connectivity index (χ2n) is 4.05. The molecule has 0 amide bonds. The van der Waals surface area contributed by atoms with E-state index in [1.165, 1.54) is 11.1 Å². The maximum atomic E-state index is 5.97. The summed E-state index contributed by atoms with van der Waals surface area (Å²) in [5, 5.41) is 0. The minimum absolute atomic E-state index is 0.221.